The molecule has 1 aromatic carbocycles. The van der Waals surface area contributed by atoms with Gasteiger partial charge in [0.15, 0.2) is 0 Å². The number of nitrogen functional groups attached to an aromatic ring is 1. The summed E-state index contributed by atoms with van der Waals surface area (Å²) in [6, 6.07) is 5.89. The van der Waals surface area contributed by atoms with Crippen molar-refractivity contribution in [1.29, 1.82) is 5.41 Å². The maximum Gasteiger partial charge on any atom is 0.124 e. The summed E-state index contributed by atoms with van der Waals surface area (Å²) in [6.07, 6.45) is 0.991. The summed E-state index contributed by atoms with van der Waals surface area (Å²) in [4.78, 5) is 2.07. The molecule has 0 aliphatic heterocycles. The van der Waals surface area contributed by atoms with Crippen molar-refractivity contribution in [3.63, 3.8) is 0 Å². The van der Waals surface area contributed by atoms with Gasteiger partial charge < -0.3 is 15.7 Å². The van der Waals surface area contributed by atoms with Crippen LogP contribution in [0, 0.1) is 12.3 Å². The van der Waals surface area contributed by atoms with E-state index < -0.39 is 0 Å². The zero-order chi connectivity index (χ0) is 12.8. The number of anilines is 1. The Hall–Kier alpha value is -1.55. The minimum Gasteiger partial charge on any atom is -0.395 e. The van der Waals surface area contributed by atoms with Crippen molar-refractivity contribution < 1.29 is 5.11 Å². The summed E-state index contributed by atoms with van der Waals surface area (Å²) in [7, 11) is 0. The Labute approximate surface area is 103 Å². The van der Waals surface area contributed by atoms with Gasteiger partial charge in [-0.15, -0.1) is 0 Å². The molecule has 4 N–H and O–H groups in total. The molecule has 0 heterocycles. The SMILES string of the molecule is CCCN(CCO)c1ccc(C)cc1C(=N)N. The predicted octanol–water partition coefficient (Wildman–Crippen LogP) is 1.49. The van der Waals surface area contributed by atoms with Crippen molar-refractivity contribution >= 4 is 11.5 Å². The number of aliphatic hydroxyl groups excluding tert-OH is 1. The van der Waals surface area contributed by atoms with Crippen molar-refractivity contribution in [3.8, 4) is 0 Å². The number of rotatable bonds is 6. The monoisotopic (exact) mass is 235 g/mol. The van der Waals surface area contributed by atoms with Crippen molar-refractivity contribution in [1.82, 2.24) is 0 Å². The molecule has 0 amide bonds. The van der Waals surface area contributed by atoms with Crippen molar-refractivity contribution in [2.24, 2.45) is 5.73 Å². The second-order valence-corrected chi connectivity index (χ2v) is 4.14. The van der Waals surface area contributed by atoms with Crippen LogP contribution in [0.3, 0.4) is 0 Å². The smallest absolute Gasteiger partial charge is 0.124 e. The van der Waals surface area contributed by atoms with Gasteiger partial charge in [-0.2, -0.15) is 0 Å². The van der Waals surface area contributed by atoms with Gasteiger partial charge in [0.1, 0.15) is 5.84 Å². The molecular formula is C13H21N3O. The molecule has 0 radical (unpaired) electrons. The highest BCUT2D eigenvalue weighted by Crippen LogP contribution is 2.21. The third kappa shape index (κ3) is 3.46. The van der Waals surface area contributed by atoms with E-state index >= 15 is 0 Å². The van der Waals surface area contributed by atoms with Crippen molar-refractivity contribution in [3.05, 3.63) is 29.3 Å². The number of aryl methyl sites for hydroxylation is 1. The fraction of sp³-hybridized carbons (Fsp3) is 0.462. The van der Waals surface area contributed by atoms with Gasteiger partial charge in [0.05, 0.1) is 6.61 Å². The lowest BCUT2D eigenvalue weighted by atomic mass is 10.1. The molecule has 0 saturated carbocycles. The molecule has 1 aromatic rings. The molecular weight excluding hydrogens is 214 g/mol. The number of nitrogens with two attached hydrogens (primary N) is 1. The summed E-state index contributed by atoms with van der Waals surface area (Å²) < 4.78 is 0. The summed E-state index contributed by atoms with van der Waals surface area (Å²) in [6.45, 7) is 5.59. The molecule has 0 aliphatic rings. The number of amidine groups is 1. The van der Waals surface area contributed by atoms with Gasteiger partial charge in [0.25, 0.3) is 0 Å². The first-order valence-electron chi connectivity index (χ1n) is 5.91. The first kappa shape index (κ1) is 13.5. The lowest BCUT2D eigenvalue weighted by molar-refractivity contribution is 0.302. The minimum atomic E-state index is 0.0720. The van der Waals surface area contributed by atoms with Crippen LogP contribution < -0.4 is 10.6 Å². The highest BCUT2D eigenvalue weighted by atomic mass is 16.3. The van der Waals surface area contributed by atoms with E-state index in [2.05, 4.69) is 11.8 Å². The van der Waals surface area contributed by atoms with Gasteiger partial charge in [0, 0.05) is 24.3 Å². The van der Waals surface area contributed by atoms with Crippen LogP contribution >= 0.6 is 0 Å². The highest BCUT2D eigenvalue weighted by Gasteiger charge is 2.12. The average molecular weight is 235 g/mol. The van der Waals surface area contributed by atoms with Gasteiger partial charge in [-0.05, 0) is 25.5 Å². The highest BCUT2D eigenvalue weighted by molar-refractivity contribution is 6.00. The molecule has 94 valence electrons. The van der Waals surface area contributed by atoms with E-state index in [0.717, 1.165) is 29.8 Å². The van der Waals surface area contributed by atoms with Gasteiger partial charge in [-0.25, -0.2) is 0 Å². The van der Waals surface area contributed by atoms with Gasteiger partial charge in [-0.1, -0.05) is 18.6 Å². The summed E-state index contributed by atoms with van der Waals surface area (Å²) in [5.41, 5.74) is 8.36. The standard InChI is InChI=1S/C13H21N3O/c1-3-6-16(7-8-17)12-5-4-10(2)9-11(12)13(14)15/h4-5,9,17H,3,6-8H2,1-2H3,(H3,14,15). The Balaban J connectivity index is 3.12. The molecule has 17 heavy (non-hydrogen) atoms. The van der Waals surface area contributed by atoms with Gasteiger partial charge in [0.2, 0.25) is 0 Å². The number of aliphatic hydroxyl groups is 1. The Kier molecular flexibility index (Phi) is 4.97. The fourth-order valence-electron chi connectivity index (χ4n) is 1.88. The Morgan fingerprint density at radius 2 is 2.12 bits per heavy atom. The Morgan fingerprint density at radius 3 is 2.65 bits per heavy atom. The molecule has 0 fully saturated rings. The normalized spacial score (nSPS) is 10.3. The quantitative estimate of drug-likeness (QED) is 0.516. The van der Waals surface area contributed by atoms with Crippen LogP contribution in [0.25, 0.3) is 0 Å². The molecule has 0 aliphatic carbocycles. The number of hydrogen-bond donors (Lipinski definition) is 3. The van der Waals surface area contributed by atoms with Crippen LogP contribution in [0.1, 0.15) is 24.5 Å². The summed E-state index contributed by atoms with van der Waals surface area (Å²) in [5.74, 6) is 0.0720. The predicted molar refractivity (Wildman–Crippen MR) is 71.8 cm³/mol. The van der Waals surface area contributed by atoms with E-state index in [1.54, 1.807) is 0 Å². The Bertz CT molecular complexity index is 384. The molecule has 0 spiro atoms. The minimum absolute atomic E-state index is 0.0720. The third-order valence-corrected chi connectivity index (χ3v) is 2.65. The topological polar surface area (TPSA) is 73.3 Å². The van der Waals surface area contributed by atoms with Crippen LogP contribution in [-0.2, 0) is 0 Å². The molecule has 0 bridgehead atoms. The molecule has 1 rings (SSSR count). The van der Waals surface area contributed by atoms with Crippen LogP contribution in [0.2, 0.25) is 0 Å². The van der Waals surface area contributed by atoms with E-state index in [9.17, 15) is 0 Å². The lowest BCUT2D eigenvalue weighted by Gasteiger charge is -2.26. The van der Waals surface area contributed by atoms with E-state index in [4.69, 9.17) is 16.2 Å². The molecule has 0 saturated heterocycles. The largest absolute Gasteiger partial charge is 0.395 e. The molecule has 0 atom stereocenters. The average Bonchev–Trinajstić information content (AvgIpc) is 2.28. The van der Waals surface area contributed by atoms with Crippen LogP contribution in [-0.4, -0.2) is 30.6 Å². The molecule has 4 heteroatoms. The summed E-state index contributed by atoms with van der Waals surface area (Å²) in [5, 5.41) is 16.7. The van der Waals surface area contributed by atoms with Crippen LogP contribution in [0.15, 0.2) is 18.2 Å². The van der Waals surface area contributed by atoms with E-state index in [1.165, 1.54) is 0 Å². The maximum absolute atomic E-state index is 9.08. The zero-order valence-electron chi connectivity index (χ0n) is 10.5. The molecule has 0 aromatic heterocycles. The van der Waals surface area contributed by atoms with Gasteiger partial charge >= 0.3 is 0 Å². The zero-order valence-corrected chi connectivity index (χ0v) is 10.5. The van der Waals surface area contributed by atoms with E-state index in [-0.39, 0.29) is 12.4 Å². The molecule has 4 nitrogen and oxygen atoms in total. The first-order chi connectivity index (χ1) is 8.10. The molecule has 0 unspecified atom stereocenters. The number of nitrogens with zero attached hydrogens (tertiary/aromatic N) is 1. The van der Waals surface area contributed by atoms with Crippen molar-refractivity contribution in [2.75, 3.05) is 24.6 Å². The van der Waals surface area contributed by atoms with E-state index in [0.29, 0.717) is 6.54 Å². The number of benzene rings is 1. The lowest BCUT2D eigenvalue weighted by Crippen LogP contribution is -2.30. The third-order valence-electron chi connectivity index (χ3n) is 2.65. The second-order valence-electron chi connectivity index (χ2n) is 4.14. The van der Waals surface area contributed by atoms with Gasteiger partial charge in [-0.3, -0.25) is 5.41 Å². The second kappa shape index (κ2) is 6.25. The Morgan fingerprint density at radius 1 is 1.41 bits per heavy atom. The van der Waals surface area contributed by atoms with Crippen LogP contribution in [0.5, 0.6) is 0 Å². The fourth-order valence-corrected chi connectivity index (χ4v) is 1.88. The van der Waals surface area contributed by atoms with Crippen molar-refractivity contribution in [2.45, 2.75) is 20.3 Å². The number of hydrogen-bond acceptors (Lipinski definition) is 3. The first-order valence-corrected chi connectivity index (χ1v) is 5.91. The number of nitrogens with one attached hydrogen (secondary N) is 1. The summed E-state index contributed by atoms with van der Waals surface area (Å²) >= 11 is 0. The maximum atomic E-state index is 9.08. The van der Waals surface area contributed by atoms with E-state index in [1.807, 2.05) is 25.1 Å². The van der Waals surface area contributed by atoms with Crippen LogP contribution in [0.4, 0.5) is 5.69 Å².